The molecule has 0 radical (unpaired) electrons. The molecule has 0 aliphatic carbocycles. The number of rotatable bonds is 4. The first kappa shape index (κ1) is 10.9. The third-order valence-corrected chi connectivity index (χ3v) is 2.94. The lowest BCUT2D eigenvalue weighted by atomic mass is 10.4. The average molecular weight is 218 g/mol. The Morgan fingerprint density at radius 2 is 2.00 bits per heavy atom. The summed E-state index contributed by atoms with van der Waals surface area (Å²) >= 11 is 7.30. The number of nitrogens with two attached hydrogens (primary N) is 1. The summed E-state index contributed by atoms with van der Waals surface area (Å²) in [5.74, 6) is 0.623. The molecule has 1 unspecified atom stereocenters. The third-order valence-electron chi connectivity index (χ3n) is 1.53. The summed E-state index contributed by atoms with van der Waals surface area (Å²) in [4.78, 5) is 1.09. The van der Waals surface area contributed by atoms with Crippen LogP contribution in [0.4, 0.5) is 0 Å². The molecule has 0 spiro atoms. The Labute approximate surface area is 87.1 Å². The topological polar surface area (TPSA) is 46.2 Å². The van der Waals surface area contributed by atoms with Crippen LogP contribution in [0.25, 0.3) is 0 Å². The molecule has 0 aliphatic heterocycles. The molecule has 2 nitrogen and oxygen atoms in total. The predicted octanol–water partition coefficient (Wildman–Crippen LogP) is 1.75. The zero-order valence-corrected chi connectivity index (χ0v) is 8.68. The van der Waals surface area contributed by atoms with Crippen LogP contribution in [0.3, 0.4) is 0 Å². The maximum absolute atomic E-state index is 9.20. The van der Waals surface area contributed by atoms with E-state index in [0.717, 1.165) is 9.92 Å². The highest BCUT2D eigenvalue weighted by Crippen LogP contribution is 2.20. The first-order valence-electron chi connectivity index (χ1n) is 3.99. The molecule has 0 saturated carbocycles. The summed E-state index contributed by atoms with van der Waals surface area (Å²) < 4.78 is 0. The van der Waals surface area contributed by atoms with Crippen LogP contribution < -0.4 is 5.73 Å². The zero-order chi connectivity index (χ0) is 9.68. The first-order chi connectivity index (χ1) is 6.22. The second-order valence-electron chi connectivity index (χ2n) is 2.65. The van der Waals surface area contributed by atoms with E-state index in [1.54, 1.807) is 11.8 Å². The maximum Gasteiger partial charge on any atom is 0.0756 e. The fourth-order valence-corrected chi connectivity index (χ4v) is 1.77. The smallest absolute Gasteiger partial charge is 0.0756 e. The predicted molar refractivity (Wildman–Crippen MR) is 57.2 cm³/mol. The minimum atomic E-state index is -0.430. The van der Waals surface area contributed by atoms with Gasteiger partial charge in [0.05, 0.1) is 6.10 Å². The maximum atomic E-state index is 9.20. The fourth-order valence-electron chi connectivity index (χ4n) is 0.791. The molecule has 1 aromatic rings. The summed E-state index contributed by atoms with van der Waals surface area (Å²) in [6.45, 7) is 0.306. The lowest BCUT2D eigenvalue weighted by Crippen LogP contribution is -2.21. The normalized spacial score (nSPS) is 12.8. The van der Waals surface area contributed by atoms with Gasteiger partial charge in [-0.3, -0.25) is 0 Å². The van der Waals surface area contributed by atoms with Crippen molar-refractivity contribution < 1.29 is 5.11 Å². The average Bonchev–Trinajstić information content (AvgIpc) is 2.16. The Hall–Kier alpha value is -0.220. The third kappa shape index (κ3) is 4.00. The van der Waals surface area contributed by atoms with E-state index in [1.807, 2.05) is 24.3 Å². The van der Waals surface area contributed by atoms with Gasteiger partial charge in [0, 0.05) is 22.2 Å². The molecule has 0 amide bonds. The van der Waals surface area contributed by atoms with E-state index >= 15 is 0 Å². The number of benzene rings is 1. The summed E-state index contributed by atoms with van der Waals surface area (Å²) in [6.07, 6.45) is -0.430. The van der Waals surface area contributed by atoms with Gasteiger partial charge >= 0.3 is 0 Å². The van der Waals surface area contributed by atoms with E-state index in [9.17, 15) is 5.11 Å². The van der Waals surface area contributed by atoms with Crippen LogP contribution in [0.5, 0.6) is 0 Å². The van der Waals surface area contributed by atoms with Crippen LogP contribution >= 0.6 is 23.4 Å². The number of thioether (sulfide) groups is 1. The van der Waals surface area contributed by atoms with Gasteiger partial charge in [-0.2, -0.15) is 0 Å². The summed E-state index contributed by atoms with van der Waals surface area (Å²) in [5, 5.41) is 9.93. The second-order valence-corrected chi connectivity index (χ2v) is 4.18. The Balaban J connectivity index is 2.41. The molecule has 72 valence electrons. The number of hydrogen-bond donors (Lipinski definition) is 2. The largest absolute Gasteiger partial charge is 0.391 e. The highest BCUT2D eigenvalue weighted by molar-refractivity contribution is 7.99. The van der Waals surface area contributed by atoms with Gasteiger partial charge < -0.3 is 10.8 Å². The summed E-state index contributed by atoms with van der Waals surface area (Å²) in [7, 11) is 0. The molecule has 1 aromatic carbocycles. The van der Waals surface area contributed by atoms with Crippen molar-refractivity contribution in [1.29, 1.82) is 0 Å². The molecule has 0 aliphatic rings. The van der Waals surface area contributed by atoms with Crippen LogP contribution in [0.1, 0.15) is 0 Å². The molecule has 4 heteroatoms. The van der Waals surface area contributed by atoms with Crippen LogP contribution in [-0.4, -0.2) is 23.5 Å². The van der Waals surface area contributed by atoms with Gasteiger partial charge in [0.2, 0.25) is 0 Å². The van der Waals surface area contributed by atoms with Crippen molar-refractivity contribution in [2.24, 2.45) is 5.73 Å². The number of aliphatic hydroxyl groups is 1. The van der Waals surface area contributed by atoms with Gasteiger partial charge in [0.25, 0.3) is 0 Å². The molecular weight excluding hydrogens is 206 g/mol. The highest BCUT2D eigenvalue weighted by atomic mass is 35.5. The molecule has 0 heterocycles. The van der Waals surface area contributed by atoms with Gasteiger partial charge in [0.15, 0.2) is 0 Å². The lowest BCUT2D eigenvalue weighted by Gasteiger charge is -2.06. The van der Waals surface area contributed by atoms with Gasteiger partial charge in [0.1, 0.15) is 0 Å². The minimum absolute atomic E-state index is 0.306. The Morgan fingerprint density at radius 3 is 2.54 bits per heavy atom. The van der Waals surface area contributed by atoms with E-state index in [2.05, 4.69) is 0 Å². The van der Waals surface area contributed by atoms with E-state index in [1.165, 1.54) is 0 Å². The summed E-state index contributed by atoms with van der Waals surface area (Å²) in [6, 6.07) is 7.52. The molecule has 3 N–H and O–H groups in total. The second kappa shape index (κ2) is 5.50. The summed E-state index contributed by atoms with van der Waals surface area (Å²) in [5.41, 5.74) is 5.28. The van der Waals surface area contributed by atoms with Crippen LogP contribution in [0, 0.1) is 0 Å². The monoisotopic (exact) mass is 217 g/mol. The van der Waals surface area contributed by atoms with Crippen molar-refractivity contribution in [3.8, 4) is 0 Å². The highest BCUT2D eigenvalue weighted by Gasteiger charge is 2.01. The minimum Gasteiger partial charge on any atom is -0.391 e. The van der Waals surface area contributed by atoms with Crippen LogP contribution in [0.15, 0.2) is 29.2 Å². The lowest BCUT2D eigenvalue weighted by molar-refractivity contribution is 0.208. The van der Waals surface area contributed by atoms with Gasteiger partial charge in [-0.05, 0) is 24.3 Å². The van der Waals surface area contributed by atoms with Gasteiger partial charge in [-0.25, -0.2) is 0 Å². The Kier molecular flexibility index (Phi) is 4.59. The molecule has 1 atom stereocenters. The van der Waals surface area contributed by atoms with Crippen LogP contribution in [-0.2, 0) is 0 Å². The van der Waals surface area contributed by atoms with Gasteiger partial charge in [-0.1, -0.05) is 11.6 Å². The van der Waals surface area contributed by atoms with Crippen molar-refractivity contribution in [3.63, 3.8) is 0 Å². The standard InChI is InChI=1S/C9H12ClNOS/c10-7-1-3-9(4-2-7)13-6-8(12)5-11/h1-4,8,12H,5-6,11H2. The van der Waals surface area contributed by atoms with Gasteiger partial charge in [-0.15, -0.1) is 11.8 Å². The molecule has 0 aromatic heterocycles. The van der Waals surface area contributed by atoms with E-state index in [-0.39, 0.29) is 0 Å². The van der Waals surface area contributed by atoms with Crippen molar-refractivity contribution in [3.05, 3.63) is 29.3 Å². The fraction of sp³-hybridized carbons (Fsp3) is 0.333. The van der Waals surface area contributed by atoms with Crippen molar-refractivity contribution >= 4 is 23.4 Å². The quantitative estimate of drug-likeness (QED) is 0.756. The molecule has 0 bridgehead atoms. The SMILES string of the molecule is NCC(O)CSc1ccc(Cl)cc1. The molecule has 0 fully saturated rings. The number of halogens is 1. The van der Waals surface area contributed by atoms with Crippen molar-refractivity contribution in [2.45, 2.75) is 11.0 Å². The molecule has 1 rings (SSSR count). The Morgan fingerprint density at radius 1 is 1.38 bits per heavy atom. The van der Waals surface area contributed by atoms with Crippen molar-refractivity contribution in [1.82, 2.24) is 0 Å². The molecule has 0 saturated heterocycles. The zero-order valence-electron chi connectivity index (χ0n) is 7.11. The molecule has 13 heavy (non-hydrogen) atoms. The van der Waals surface area contributed by atoms with E-state index < -0.39 is 6.10 Å². The number of hydrogen-bond acceptors (Lipinski definition) is 3. The Bertz CT molecular complexity index is 252. The first-order valence-corrected chi connectivity index (χ1v) is 5.35. The van der Waals surface area contributed by atoms with E-state index in [4.69, 9.17) is 17.3 Å². The number of aliphatic hydroxyl groups excluding tert-OH is 1. The van der Waals surface area contributed by atoms with Crippen molar-refractivity contribution in [2.75, 3.05) is 12.3 Å². The molecular formula is C9H12ClNOS. The van der Waals surface area contributed by atoms with Crippen LogP contribution in [0.2, 0.25) is 5.02 Å². The van der Waals surface area contributed by atoms with E-state index in [0.29, 0.717) is 12.3 Å².